The fraction of sp³-hybridized carbons (Fsp3) is 0.0154. The molecule has 0 aliphatic heterocycles. The van der Waals surface area contributed by atoms with E-state index in [0.29, 0.717) is 0 Å². The van der Waals surface area contributed by atoms with Gasteiger partial charge in [-0.15, -0.1) is 0 Å². The summed E-state index contributed by atoms with van der Waals surface area (Å²) in [6.45, 7) is 0. The molecule has 12 aromatic rings. The molecule has 0 bridgehead atoms. The third-order valence-corrected chi connectivity index (χ3v) is 14.5. The van der Waals surface area contributed by atoms with Crippen molar-refractivity contribution in [3.8, 4) is 55.6 Å². The molecule has 0 saturated heterocycles. The Bertz CT molecular complexity index is 3890. The van der Waals surface area contributed by atoms with E-state index in [1.165, 1.54) is 77.5 Å². The monoisotopic (exact) mass is 851 g/mol. The summed E-state index contributed by atoms with van der Waals surface area (Å²) in [6.07, 6.45) is 0. The highest BCUT2D eigenvalue weighted by Gasteiger charge is 2.52. The van der Waals surface area contributed by atoms with E-state index in [1.54, 1.807) is 0 Å². The Morgan fingerprint density at radius 3 is 1.52 bits per heavy atom. The molecule has 1 spiro atoms. The molecule has 0 saturated carbocycles. The molecule has 2 nitrogen and oxygen atoms in total. The summed E-state index contributed by atoms with van der Waals surface area (Å²) >= 11 is 0. The highest BCUT2D eigenvalue weighted by atomic mass is 16.3. The highest BCUT2D eigenvalue weighted by Crippen LogP contribution is 2.65. The van der Waals surface area contributed by atoms with Crippen molar-refractivity contribution in [2.24, 2.45) is 0 Å². The summed E-state index contributed by atoms with van der Waals surface area (Å²) in [5.41, 5.74) is 22.1. The molecule has 2 heteroatoms. The Kier molecular flexibility index (Phi) is 8.23. The van der Waals surface area contributed by atoms with Crippen LogP contribution in [0, 0.1) is 0 Å². The average Bonchev–Trinajstić information content (AvgIpc) is 4.04. The average molecular weight is 852 g/mol. The maximum atomic E-state index is 6.49. The second kappa shape index (κ2) is 14.7. The van der Waals surface area contributed by atoms with E-state index >= 15 is 0 Å². The lowest BCUT2D eigenvalue weighted by atomic mass is 9.70. The van der Waals surface area contributed by atoms with Gasteiger partial charge in [-0.1, -0.05) is 200 Å². The van der Waals surface area contributed by atoms with Crippen molar-refractivity contribution < 1.29 is 4.42 Å². The molecule has 14 rings (SSSR count). The summed E-state index contributed by atoms with van der Waals surface area (Å²) in [5, 5.41) is 4.68. The topological polar surface area (TPSA) is 16.4 Å². The third-order valence-electron chi connectivity index (χ3n) is 14.5. The smallest absolute Gasteiger partial charge is 0.136 e. The first-order valence-corrected chi connectivity index (χ1v) is 23.2. The van der Waals surface area contributed by atoms with Crippen molar-refractivity contribution in [3.63, 3.8) is 0 Å². The summed E-state index contributed by atoms with van der Waals surface area (Å²) in [6, 6.07) is 91.3. The first kappa shape index (κ1) is 37.6. The summed E-state index contributed by atoms with van der Waals surface area (Å²) in [4.78, 5) is 2.51. The van der Waals surface area contributed by atoms with Gasteiger partial charge in [0.2, 0.25) is 0 Å². The van der Waals surface area contributed by atoms with Crippen LogP contribution in [-0.2, 0) is 5.41 Å². The molecular formula is C65H41NO. The quantitative estimate of drug-likeness (QED) is 0.166. The van der Waals surface area contributed by atoms with Gasteiger partial charge in [0.15, 0.2) is 0 Å². The normalized spacial score (nSPS) is 12.9. The molecule has 67 heavy (non-hydrogen) atoms. The summed E-state index contributed by atoms with van der Waals surface area (Å²) in [7, 11) is 0. The zero-order valence-corrected chi connectivity index (χ0v) is 36.5. The van der Waals surface area contributed by atoms with Crippen molar-refractivity contribution in [3.05, 3.63) is 271 Å². The number of anilines is 3. The molecule has 11 aromatic carbocycles. The van der Waals surface area contributed by atoms with Crippen LogP contribution in [0.2, 0.25) is 0 Å². The molecule has 1 heterocycles. The molecule has 2 aliphatic rings. The van der Waals surface area contributed by atoms with Crippen LogP contribution in [0.3, 0.4) is 0 Å². The van der Waals surface area contributed by atoms with Crippen LogP contribution in [0.25, 0.3) is 88.3 Å². The van der Waals surface area contributed by atoms with Gasteiger partial charge in [-0.25, -0.2) is 0 Å². The molecule has 1 aromatic heterocycles. The first-order chi connectivity index (χ1) is 33.2. The molecule has 0 N–H and O–H groups in total. The van der Waals surface area contributed by atoms with E-state index < -0.39 is 5.41 Å². The molecule has 0 amide bonds. The van der Waals surface area contributed by atoms with Crippen molar-refractivity contribution >= 4 is 49.8 Å². The van der Waals surface area contributed by atoms with Crippen LogP contribution in [0.4, 0.5) is 17.1 Å². The molecule has 2 aliphatic carbocycles. The number of furan rings is 1. The van der Waals surface area contributed by atoms with Crippen molar-refractivity contribution in [1.82, 2.24) is 0 Å². The van der Waals surface area contributed by atoms with Gasteiger partial charge in [0.05, 0.1) is 16.8 Å². The summed E-state index contributed by atoms with van der Waals surface area (Å²) in [5.74, 6) is 0. The number of fused-ring (bicyclic) bond motifs is 14. The van der Waals surface area contributed by atoms with Crippen LogP contribution in [0.15, 0.2) is 253 Å². The predicted octanol–water partition coefficient (Wildman–Crippen LogP) is 17.6. The van der Waals surface area contributed by atoms with E-state index in [-0.39, 0.29) is 0 Å². The molecule has 0 unspecified atom stereocenters. The zero-order chi connectivity index (χ0) is 44.1. The van der Waals surface area contributed by atoms with Crippen molar-refractivity contribution in [2.75, 3.05) is 4.90 Å². The lowest BCUT2D eigenvalue weighted by Crippen LogP contribution is -2.26. The fourth-order valence-electron chi connectivity index (χ4n) is 11.7. The van der Waals surface area contributed by atoms with Crippen LogP contribution in [0.1, 0.15) is 22.3 Å². The molecule has 312 valence electrons. The minimum atomic E-state index is -0.469. The molecule has 0 radical (unpaired) electrons. The van der Waals surface area contributed by atoms with Gasteiger partial charge in [-0.05, 0) is 126 Å². The van der Waals surface area contributed by atoms with Gasteiger partial charge in [0.25, 0.3) is 0 Å². The number of rotatable bonds is 6. The number of nitrogens with zero attached hydrogens (tertiary/aromatic N) is 1. The maximum Gasteiger partial charge on any atom is 0.136 e. The minimum Gasteiger partial charge on any atom is -0.456 e. The van der Waals surface area contributed by atoms with Gasteiger partial charge in [-0.3, -0.25) is 0 Å². The first-order valence-electron chi connectivity index (χ1n) is 23.2. The maximum absolute atomic E-state index is 6.49. The van der Waals surface area contributed by atoms with E-state index in [4.69, 9.17) is 4.42 Å². The van der Waals surface area contributed by atoms with Gasteiger partial charge in [-0.2, -0.15) is 0 Å². The van der Waals surface area contributed by atoms with Crippen LogP contribution in [0.5, 0.6) is 0 Å². The lowest BCUT2D eigenvalue weighted by Gasteiger charge is -2.32. The zero-order valence-electron chi connectivity index (χ0n) is 36.5. The molecular weight excluding hydrogens is 811 g/mol. The largest absolute Gasteiger partial charge is 0.456 e. The van der Waals surface area contributed by atoms with E-state index in [1.807, 2.05) is 6.07 Å². The fourth-order valence-corrected chi connectivity index (χ4v) is 11.7. The Morgan fingerprint density at radius 2 is 0.806 bits per heavy atom. The van der Waals surface area contributed by atoms with Gasteiger partial charge < -0.3 is 9.32 Å². The second-order valence-corrected chi connectivity index (χ2v) is 17.9. The van der Waals surface area contributed by atoms with Crippen molar-refractivity contribution in [2.45, 2.75) is 5.41 Å². The van der Waals surface area contributed by atoms with Gasteiger partial charge in [0.1, 0.15) is 11.2 Å². The standard InChI is InChI=1S/C65H41NO/c1-2-16-42(17-3-1)44-32-34-47-41-45(33-35-46(47)40-44)43-36-38-48(39-37-43)66(59-28-12-7-20-51(59)52-23-14-31-62-63(52)54-22-8-13-30-61(54)67-62)60-29-15-27-58-64(60)53-21-6-11-26-57(53)65(58)55-24-9-4-18-49(55)50-19-5-10-25-56(50)65/h1-41H. The Hall–Kier alpha value is -8.72. The summed E-state index contributed by atoms with van der Waals surface area (Å²) < 4.78 is 6.49. The third kappa shape index (κ3) is 5.51. The van der Waals surface area contributed by atoms with Crippen LogP contribution in [-0.4, -0.2) is 0 Å². The predicted molar refractivity (Wildman–Crippen MR) is 279 cm³/mol. The Morgan fingerprint density at radius 1 is 0.313 bits per heavy atom. The molecule has 0 atom stereocenters. The van der Waals surface area contributed by atoms with Gasteiger partial charge in [0, 0.05) is 27.6 Å². The SMILES string of the molecule is c1ccc(-c2ccc3cc(-c4ccc(N(c5ccccc5-c5cccc6oc7ccccc7c56)c5cccc6c5-c5ccccc5C65c6ccccc6-c6ccccc65)cc4)ccc3c2)cc1. The number of benzene rings is 11. The van der Waals surface area contributed by atoms with Gasteiger partial charge >= 0.3 is 0 Å². The molecule has 0 fully saturated rings. The second-order valence-electron chi connectivity index (χ2n) is 17.9. The lowest BCUT2D eigenvalue weighted by molar-refractivity contribution is 0.669. The Labute approximate surface area is 389 Å². The Balaban J connectivity index is 0.988. The van der Waals surface area contributed by atoms with E-state index in [2.05, 4.69) is 248 Å². The van der Waals surface area contributed by atoms with E-state index in [0.717, 1.165) is 50.1 Å². The number of hydrogen-bond acceptors (Lipinski definition) is 2. The minimum absolute atomic E-state index is 0.469. The highest BCUT2D eigenvalue weighted by molar-refractivity contribution is 6.14. The van der Waals surface area contributed by atoms with Crippen LogP contribution >= 0.6 is 0 Å². The number of hydrogen-bond donors (Lipinski definition) is 0. The van der Waals surface area contributed by atoms with Crippen LogP contribution < -0.4 is 4.90 Å². The van der Waals surface area contributed by atoms with E-state index in [9.17, 15) is 0 Å². The van der Waals surface area contributed by atoms with Crippen molar-refractivity contribution in [1.29, 1.82) is 0 Å². The number of para-hydroxylation sites is 2.